The lowest BCUT2D eigenvalue weighted by atomic mass is 9.97. The summed E-state index contributed by atoms with van der Waals surface area (Å²) in [6.45, 7) is 0. The number of thiophene rings is 2. The molecule has 0 saturated carbocycles. The summed E-state index contributed by atoms with van der Waals surface area (Å²) in [6, 6.07) is 64.5. The molecule has 4 aromatic heterocycles. The van der Waals surface area contributed by atoms with Gasteiger partial charge in [-0.15, -0.1) is 34.0 Å². The van der Waals surface area contributed by atoms with Crippen molar-refractivity contribution in [3.63, 3.8) is 0 Å². The number of aromatic nitrogens is 4. The molecule has 12 rings (SSSR count). The molecular weight excluding hydrogens is 777 g/mol. The zero-order chi connectivity index (χ0) is 38.9. The van der Waals surface area contributed by atoms with Crippen LogP contribution in [-0.4, -0.2) is 19.9 Å². The number of fused-ring (bicyclic) bond motifs is 7. The minimum atomic E-state index is 0.636. The number of thiazole rings is 1. The molecule has 276 valence electrons. The highest BCUT2D eigenvalue weighted by Gasteiger charge is 2.17. The predicted molar refractivity (Wildman–Crippen MR) is 251 cm³/mol. The fourth-order valence-corrected chi connectivity index (χ4v) is 11.4. The molecule has 0 N–H and O–H groups in total. The number of benzene rings is 8. The maximum absolute atomic E-state index is 5.20. The van der Waals surface area contributed by atoms with E-state index in [-0.39, 0.29) is 0 Å². The van der Waals surface area contributed by atoms with Crippen molar-refractivity contribution in [3.8, 4) is 67.0 Å². The van der Waals surface area contributed by atoms with Crippen LogP contribution in [0.25, 0.3) is 118 Å². The van der Waals surface area contributed by atoms with Gasteiger partial charge in [-0.1, -0.05) is 140 Å². The molecule has 0 atom stereocenters. The predicted octanol–water partition coefficient (Wildman–Crippen LogP) is 15.2. The maximum atomic E-state index is 5.20. The highest BCUT2D eigenvalue weighted by molar-refractivity contribution is 7.26. The lowest BCUT2D eigenvalue weighted by Gasteiger charge is -2.11. The van der Waals surface area contributed by atoms with Crippen LogP contribution in [0, 0.1) is 0 Å². The van der Waals surface area contributed by atoms with Crippen LogP contribution in [-0.2, 0) is 0 Å². The van der Waals surface area contributed by atoms with E-state index in [0.717, 1.165) is 55.0 Å². The molecule has 0 spiro atoms. The molecule has 8 aromatic carbocycles. The van der Waals surface area contributed by atoms with Gasteiger partial charge >= 0.3 is 0 Å². The third-order valence-electron chi connectivity index (χ3n) is 11.0. The largest absolute Gasteiger partial charge is 0.235 e. The summed E-state index contributed by atoms with van der Waals surface area (Å²) in [5, 5.41) is 6.07. The molecule has 12 aromatic rings. The van der Waals surface area contributed by atoms with Crippen LogP contribution in [0.4, 0.5) is 0 Å². The van der Waals surface area contributed by atoms with Gasteiger partial charge in [0.05, 0.1) is 10.2 Å². The number of hydrogen-bond donors (Lipinski definition) is 0. The minimum Gasteiger partial charge on any atom is -0.235 e. The quantitative estimate of drug-likeness (QED) is 0.168. The molecule has 0 amide bonds. The van der Waals surface area contributed by atoms with E-state index in [1.807, 2.05) is 6.07 Å². The van der Waals surface area contributed by atoms with Crippen LogP contribution >= 0.6 is 34.0 Å². The standard InChI is InChI=1S/C52H30N4S3/c1-2-11-31(12-3-1)52-53-48-38(19-10-22-45(48)59-52)34-15-8-13-32(27-34)33-14-9-16-35(28-33)49-54-50(36-23-25-41-39-17-4-6-20-43(39)57-46(41)29-36)56-51(55-49)37-24-26-42-40-18-5-7-21-44(40)58-47(42)30-37/h1-30H. The average Bonchev–Trinajstić information content (AvgIpc) is 4.02. The smallest absolute Gasteiger partial charge is 0.164 e. The van der Waals surface area contributed by atoms with E-state index >= 15 is 0 Å². The Morgan fingerprint density at radius 1 is 0.271 bits per heavy atom. The van der Waals surface area contributed by atoms with Crippen molar-refractivity contribution in [2.24, 2.45) is 0 Å². The fraction of sp³-hybridized carbons (Fsp3) is 0. The highest BCUT2D eigenvalue weighted by Crippen LogP contribution is 2.40. The van der Waals surface area contributed by atoms with E-state index in [2.05, 4.69) is 176 Å². The molecule has 4 heterocycles. The first-order valence-corrected chi connectivity index (χ1v) is 21.9. The van der Waals surface area contributed by atoms with E-state index in [1.165, 1.54) is 45.0 Å². The van der Waals surface area contributed by atoms with Crippen molar-refractivity contribution in [3.05, 3.63) is 182 Å². The summed E-state index contributed by atoms with van der Waals surface area (Å²) in [5.74, 6) is 1.94. The Kier molecular flexibility index (Phi) is 8.04. The van der Waals surface area contributed by atoms with Crippen molar-refractivity contribution in [1.82, 2.24) is 19.9 Å². The molecule has 59 heavy (non-hydrogen) atoms. The molecule has 0 unspecified atom stereocenters. The van der Waals surface area contributed by atoms with E-state index < -0.39 is 0 Å². The van der Waals surface area contributed by atoms with Crippen LogP contribution in [0.3, 0.4) is 0 Å². The second-order valence-electron chi connectivity index (χ2n) is 14.6. The van der Waals surface area contributed by atoms with Gasteiger partial charge < -0.3 is 0 Å². The fourth-order valence-electron chi connectivity index (χ4n) is 8.08. The van der Waals surface area contributed by atoms with Crippen molar-refractivity contribution < 1.29 is 0 Å². The van der Waals surface area contributed by atoms with Gasteiger partial charge in [0.15, 0.2) is 17.5 Å². The van der Waals surface area contributed by atoms with Gasteiger partial charge in [0.1, 0.15) is 5.01 Å². The average molecular weight is 807 g/mol. The number of para-hydroxylation sites is 1. The van der Waals surface area contributed by atoms with Gasteiger partial charge in [-0.3, -0.25) is 0 Å². The van der Waals surface area contributed by atoms with E-state index in [0.29, 0.717) is 17.5 Å². The van der Waals surface area contributed by atoms with Gasteiger partial charge in [0, 0.05) is 68.2 Å². The van der Waals surface area contributed by atoms with Crippen LogP contribution in [0.1, 0.15) is 0 Å². The third-order valence-corrected chi connectivity index (χ3v) is 14.3. The molecular formula is C52H30N4S3. The second-order valence-corrected chi connectivity index (χ2v) is 17.8. The van der Waals surface area contributed by atoms with Crippen LogP contribution in [0.5, 0.6) is 0 Å². The summed E-state index contributed by atoms with van der Waals surface area (Å²) < 4.78 is 6.15. The molecule has 0 aliphatic carbocycles. The first-order valence-electron chi connectivity index (χ1n) is 19.4. The van der Waals surface area contributed by atoms with Gasteiger partial charge in [0.2, 0.25) is 0 Å². The Bertz CT molecular complexity index is 3450. The topological polar surface area (TPSA) is 51.6 Å². The zero-order valence-corrected chi connectivity index (χ0v) is 33.8. The van der Waals surface area contributed by atoms with Crippen molar-refractivity contribution in [2.75, 3.05) is 0 Å². The molecule has 0 aliphatic heterocycles. The lowest BCUT2D eigenvalue weighted by Crippen LogP contribution is -2.00. The number of hydrogen-bond acceptors (Lipinski definition) is 7. The highest BCUT2D eigenvalue weighted by atomic mass is 32.1. The van der Waals surface area contributed by atoms with Crippen molar-refractivity contribution in [2.45, 2.75) is 0 Å². The van der Waals surface area contributed by atoms with Crippen LogP contribution in [0.2, 0.25) is 0 Å². The molecule has 4 nitrogen and oxygen atoms in total. The zero-order valence-electron chi connectivity index (χ0n) is 31.3. The summed E-state index contributed by atoms with van der Waals surface area (Å²) >= 11 is 5.33. The molecule has 0 fully saturated rings. The Morgan fingerprint density at radius 3 is 1.36 bits per heavy atom. The van der Waals surface area contributed by atoms with Gasteiger partial charge in [-0.2, -0.15) is 0 Å². The summed E-state index contributed by atoms with van der Waals surface area (Å²) in [6.07, 6.45) is 0. The molecule has 0 saturated heterocycles. The van der Waals surface area contributed by atoms with Gasteiger partial charge in [0.25, 0.3) is 0 Å². The van der Waals surface area contributed by atoms with E-state index in [1.54, 1.807) is 34.0 Å². The summed E-state index contributed by atoms with van der Waals surface area (Å²) in [4.78, 5) is 20.7. The number of nitrogens with zero attached hydrogens (tertiary/aromatic N) is 4. The monoisotopic (exact) mass is 806 g/mol. The van der Waals surface area contributed by atoms with Crippen molar-refractivity contribution >= 4 is 84.6 Å². The Labute approximate surface area is 351 Å². The summed E-state index contributed by atoms with van der Waals surface area (Å²) in [7, 11) is 0. The summed E-state index contributed by atoms with van der Waals surface area (Å²) in [5.41, 5.74) is 9.46. The molecule has 0 radical (unpaired) electrons. The third kappa shape index (κ3) is 6.02. The Hall–Kier alpha value is -6.90. The van der Waals surface area contributed by atoms with Gasteiger partial charge in [-0.25, -0.2) is 19.9 Å². The Morgan fingerprint density at radius 2 is 0.729 bits per heavy atom. The number of rotatable bonds is 6. The second kappa shape index (κ2) is 13.9. The lowest BCUT2D eigenvalue weighted by molar-refractivity contribution is 1.08. The van der Waals surface area contributed by atoms with Crippen molar-refractivity contribution in [1.29, 1.82) is 0 Å². The van der Waals surface area contributed by atoms with Gasteiger partial charge in [-0.05, 0) is 59.2 Å². The van der Waals surface area contributed by atoms with Crippen LogP contribution < -0.4 is 0 Å². The normalized spacial score (nSPS) is 11.7. The molecule has 7 heteroatoms. The SMILES string of the molecule is c1ccc(-c2nc3c(-c4cccc(-c5cccc(-c6nc(-c7ccc8c(c7)sc7ccccc78)nc(-c7ccc8c(c7)sc7ccccc78)n6)c5)c4)cccc3s2)cc1. The first-order chi connectivity index (χ1) is 29.2. The Balaban J connectivity index is 0.971. The molecule has 0 bridgehead atoms. The van der Waals surface area contributed by atoms with E-state index in [4.69, 9.17) is 19.9 Å². The van der Waals surface area contributed by atoms with Crippen LogP contribution in [0.15, 0.2) is 182 Å². The molecule has 0 aliphatic rings. The first kappa shape index (κ1) is 34.2. The minimum absolute atomic E-state index is 0.636. The maximum Gasteiger partial charge on any atom is 0.164 e. The van der Waals surface area contributed by atoms with E-state index in [9.17, 15) is 0 Å².